The van der Waals surface area contributed by atoms with E-state index < -0.39 is 23.8 Å². The van der Waals surface area contributed by atoms with Crippen molar-refractivity contribution in [2.75, 3.05) is 13.1 Å². The fraction of sp³-hybridized carbons (Fsp3) is 0.353. The zero-order chi connectivity index (χ0) is 18.0. The lowest BCUT2D eigenvalue weighted by Gasteiger charge is -2.27. The molecule has 0 bridgehead atoms. The molecule has 0 saturated carbocycles. The summed E-state index contributed by atoms with van der Waals surface area (Å²) in [6, 6.07) is 4.09. The van der Waals surface area contributed by atoms with Gasteiger partial charge in [-0.15, -0.1) is 0 Å². The van der Waals surface area contributed by atoms with Crippen molar-refractivity contribution in [1.82, 2.24) is 15.5 Å². The molecule has 2 aliphatic heterocycles. The van der Waals surface area contributed by atoms with E-state index in [1.165, 1.54) is 0 Å². The fourth-order valence-corrected chi connectivity index (χ4v) is 3.02. The minimum absolute atomic E-state index is 0.107. The Bertz CT molecular complexity index is 774. The van der Waals surface area contributed by atoms with E-state index in [4.69, 9.17) is 0 Å². The number of fused-ring (bicyclic) bond motifs is 1. The van der Waals surface area contributed by atoms with Crippen molar-refractivity contribution in [2.24, 2.45) is 4.99 Å². The molecule has 1 aromatic rings. The largest absolute Gasteiger partial charge is 0.311 e. The van der Waals surface area contributed by atoms with Crippen LogP contribution < -0.4 is 10.6 Å². The lowest BCUT2D eigenvalue weighted by atomic mass is 10.0. The first-order chi connectivity index (χ1) is 12.0. The smallest absolute Gasteiger partial charge is 0.262 e. The van der Waals surface area contributed by atoms with Gasteiger partial charge in [0.1, 0.15) is 6.04 Å². The molecule has 1 aromatic carbocycles. The average Bonchev–Trinajstić information content (AvgIpc) is 2.83. The van der Waals surface area contributed by atoms with Crippen LogP contribution in [0.4, 0.5) is 0 Å². The maximum atomic E-state index is 12.7. The van der Waals surface area contributed by atoms with Gasteiger partial charge in [0, 0.05) is 19.5 Å². The van der Waals surface area contributed by atoms with Crippen LogP contribution >= 0.6 is 0 Å². The van der Waals surface area contributed by atoms with E-state index in [1.807, 2.05) is 0 Å². The Kier molecular flexibility index (Phi) is 4.71. The lowest BCUT2D eigenvalue weighted by molar-refractivity contribution is -0.136. The molecule has 2 aliphatic rings. The van der Waals surface area contributed by atoms with E-state index >= 15 is 0 Å². The van der Waals surface area contributed by atoms with Crippen LogP contribution in [0.15, 0.2) is 23.2 Å². The summed E-state index contributed by atoms with van der Waals surface area (Å²) in [6.45, 7) is 5.18. The van der Waals surface area contributed by atoms with Crippen LogP contribution in [-0.4, -0.2) is 54.4 Å². The van der Waals surface area contributed by atoms with Crippen LogP contribution in [0, 0.1) is 0 Å². The van der Waals surface area contributed by atoms with E-state index in [-0.39, 0.29) is 29.9 Å². The Hall–Kier alpha value is -2.87. The molecule has 130 valence electrons. The maximum absolute atomic E-state index is 12.7. The average molecular weight is 342 g/mol. The number of aliphatic imine (C=N–C) groups is 1. The third-order valence-electron chi connectivity index (χ3n) is 4.28. The number of rotatable bonds is 6. The molecule has 1 saturated heterocycles. The van der Waals surface area contributed by atoms with Gasteiger partial charge in [-0.2, -0.15) is 0 Å². The number of nitrogens with zero attached hydrogens (tertiary/aromatic N) is 2. The van der Waals surface area contributed by atoms with Crippen molar-refractivity contribution < 1.29 is 19.2 Å². The molecule has 3 rings (SSSR count). The number of carbonyl (C=O) groups is 4. The topological polar surface area (TPSA) is 108 Å². The van der Waals surface area contributed by atoms with Crippen LogP contribution in [0.3, 0.4) is 0 Å². The molecule has 0 aliphatic carbocycles. The van der Waals surface area contributed by atoms with Crippen molar-refractivity contribution in [1.29, 1.82) is 0 Å². The van der Waals surface area contributed by atoms with Crippen LogP contribution in [0.5, 0.6) is 0 Å². The highest BCUT2D eigenvalue weighted by Gasteiger charge is 2.44. The Morgan fingerprint density at radius 2 is 1.96 bits per heavy atom. The first kappa shape index (κ1) is 17.0. The van der Waals surface area contributed by atoms with E-state index in [2.05, 4.69) is 22.3 Å². The van der Waals surface area contributed by atoms with Crippen LogP contribution in [0.2, 0.25) is 0 Å². The molecule has 8 heteroatoms. The monoisotopic (exact) mass is 342 g/mol. The van der Waals surface area contributed by atoms with Gasteiger partial charge in [-0.25, -0.2) is 0 Å². The lowest BCUT2D eigenvalue weighted by Crippen LogP contribution is -2.54. The second-order valence-corrected chi connectivity index (χ2v) is 5.95. The summed E-state index contributed by atoms with van der Waals surface area (Å²) < 4.78 is 0. The molecule has 2 heterocycles. The summed E-state index contributed by atoms with van der Waals surface area (Å²) in [6.07, 6.45) is 0.259. The van der Waals surface area contributed by atoms with E-state index in [0.717, 1.165) is 10.5 Å². The van der Waals surface area contributed by atoms with E-state index in [1.54, 1.807) is 18.2 Å². The van der Waals surface area contributed by atoms with Crippen molar-refractivity contribution in [3.05, 3.63) is 34.9 Å². The highest BCUT2D eigenvalue weighted by Crippen LogP contribution is 2.28. The summed E-state index contributed by atoms with van der Waals surface area (Å²) in [4.78, 5) is 53.2. The van der Waals surface area contributed by atoms with Gasteiger partial charge in [0.05, 0.1) is 17.7 Å². The standard InChI is InChI=1S/C17H18N4O4/c1-18-6-7-19-9-10-2-3-11-12(8-10)17(25)21(16(11)24)13-4-5-14(22)20-15(13)23/h2-3,8,13,19H,1,4-7,9H2,(H,20,22,23). The van der Waals surface area contributed by atoms with E-state index in [0.29, 0.717) is 19.6 Å². The van der Waals surface area contributed by atoms with Gasteiger partial charge >= 0.3 is 0 Å². The zero-order valence-electron chi connectivity index (χ0n) is 13.6. The molecular formula is C17H18N4O4. The molecule has 8 nitrogen and oxygen atoms in total. The molecule has 0 spiro atoms. The normalized spacial score (nSPS) is 19.8. The first-order valence-electron chi connectivity index (χ1n) is 8.00. The van der Waals surface area contributed by atoms with Crippen LogP contribution in [0.1, 0.15) is 39.1 Å². The molecule has 1 fully saturated rings. The number of carbonyl (C=O) groups excluding carboxylic acids is 4. The highest BCUT2D eigenvalue weighted by atomic mass is 16.2. The molecule has 4 amide bonds. The third-order valence-corrected chi connectivity index (χ3v) is 4.28. The molecule has 0 aromatic heterocycles. The molecule has 1 atom stereocenters. The summed E-state index contributed by atoms with van der Waals surface area (Å²) in [5.74, 6) is -1.99. The van der Waals surface area contributed by atoms with Gasteiger partial charge in [-0.3, -0.25) is 34.4 Å². The summed E-state index contributed by atoms with van der Waals surface area (Å²) >= 11 is 0. The van der Waals surface area contributed by atoms with Gasteiger partial charge < -0.3 is 5.32 Å². The highest BCUT2D eigenvalue weighted by molar-refractivity contribution is 6.23. The van der Waals surface area contributed by atoms with Crippen LogP contribution in [-0.2, 0) is 16.1 Å². The van der Waals surface area contributed by atoms with Crippen LogP contribution in [0.25, 0.3) is 0 Å². The van der Waals surface area contributed by atoms with Crippen molar-refractivity contribution in [3.63, 3.8) is 0 Å². The molecule has 0 radical (unpaired) electrons. The number of piperidine rings is 1. The van der Waals surface area contributed by atoms with Gasteiger partial charge in [0.15, 0.2) is 0 Å². The summed E-state index contributed by atoms with van der Waals surface area (Å²) in [5, 5.41) is 5.34. The SMILES string of the molecule is C=NCCNCc1ccc2c(c1)C(=O)N(C1CCC(=O)NC1=O)C2=O. The van der Waals surface area contributed by atoms with Gasteiger partial charge in [0.2, 0.25) is 11.8 Å². The number of amides is 4. The van der Waals surface area contributed by atoms with Gasteiger partial charge in [0.25, 0.3) is 11.8 Å². The quantitative estimate of drug-likeness (QED) is 0.426. The Labute approximate surface area is 144 Å². The second kappa shape index (κ2) is 6.94. The van der Waals surface area contributed by atoms with E-state index in [9.17, 15) is 19.2 Å². The van der Waals surface area contributed by atoms with Crippen molar-refractivity contribution in [2.45, 2.75) is 25.4 Å². The molecule has 25 heavy (non-hydrogen) atoms. The minimum Gasteiger partial charge on any atom is -0.311 e. The van der Waals surface area contributed by atoms with Crippen molar-refractivity contribution in [3.8, 4) is 0 Å². The predicted molar refractivity (Wildman–Crippen MR) is 89.2 cm³/mol. The summed E-state index contributed by atoms with van der Waals surface area (Å²) in [5.41, 5.74) is 1.43. The van der Waals surface area contributed by atoms with Crippen molar-refractivity contribution >= 4 is 30.3 Å². The third kappa shape index (κ3) is 3.20. The van der Waals surface area contributed by atoms with Gasteiger partial charge in [-0.1, -0.05) is 6.07 Å². The maximum Gasteiger partial charge on any atom is 0.262 e. The number of hydrogen-bond donors (Lipinski definition) is 2. The number of benzene rings is 1. The number of nitrogens with one attached hydrogen (secondary N) is 2. The summed E-state index contributed by atoms with van der Waals surface area (Å²) in [7, 11) is 0. The predicted octanol–water partition coefficient (Wildman–Crippen LogP) is -0.122. The number of hydrogen-bond acceptors (Lipinski definition) is 6. The number of imide groups is 2. The molecular weight excluding hydrogens is 324 g/mol. The minimum atomic E-state index is -0.939. The Balaban J connectivity index is 1.78. The molecule has 1 unspecified atom stereocenters. The zero-order valence-corrected chi connectivity index (χ0v) is 13.6. The first-order valence-corrected chi connectivity index (χ1v) is 8.00. The second-order valence-electron chi connectivity index (χ2n) is 5.95. The Morgan fingerprint density at radius 3 is 2.68 bits per heavy atom. The fourth-order valence-electron chi connectivity index (χ4n) is 3.02. The Morgan fingerprint density at radius 1 is 1.20 bits per heavy atom. The molecule has 2 N–H and O–H groups in total. The van der Waals surface area contributed by atoms with Gasteiger partial charge in [-0.05, 0) is 30.8 Å².